The zero-order valence-corrected chi connectivity index (χ0v) is 17.0. The zero-order chi connectivity index (χ0) is 20.1. The van der Waals surface area contributed by atoms with E-state index in [2.05, 4.69) is 5.16 Å². The molecule has 1 aromatic heterocycles. The third kappa shape index (κ3) is 5.17. The van der Waals surface area contributed by atoms with Gasteiger partial charge in [-0.15, -0.1) is 0 Å². The number of carbonyl (C=O) groups is 2. The van der Waals surface area contributed by atoms with Gasteiger partial charge < -0.3 is 19.1 Å². The predicted octanol–water partition coefficient (Wildman–Crippen LogP) is 3.43. The van der Waals surface area contributed by atoms with Crippen molar-refractivity contribution in [3.63, 3.8) is 0 Å². The fourth-order valence-electron chi connectivity index (χ4n) is 2.94. The van der Waals surface area contributed by atoms with Crippen LogP contribution in [0.3, 0.4) is 0 Å². The molecule has 28 heavy (non-hydrogen) atoms. The Labute approximate surface area is 173 Å². The lowest BCUT2D eigenvalue weighted by atomic mass is 10.2. The number of carbonyl (C=O) groups excluding carboxylic acids is 2. The molecule has 0 atom stereocenters. The Balaban J connectivity index is 1.38. The zero-order valence-electron chi connectivity index (χ0n) is 15.5. The Morgan fingerprint density at radius 3 is 2.50 bits per heavy atom. The fraction of sp³-hybridized carbons (Fsp3) is 0.421. The molecule has 2 amide bonds. The highest BCUT2D eigenvalue weighted by Gasteiger charge is 2.26. The summed E-state index contributed by atoms with van der Waals surface area (Å²) < 4.78 is 10.6. The molecule has 1 saturated heterocycles. The topological polar surface area (TPSA) is 75.9 Å². The van der Waals surface area contributed by atoms with Crippen LogP contribution in [0.2, 0.25) is 10.0 Å². The Morgan fingerprint density at radius 1 is 1.14 bits per heavy atom. The third-order valence-electron chi connectivity index (χ3n) is 4.44. The Hall–Kier alpha value is -2.25. The van der Waals surface area contributed by atoms with E-state index in [0.29, 0.717) is 67.1 Å². The minimum absolute atomic E-state index is 0.0495. The highest BCUT2D eigenvalue weighted by atomic mass is 35.5. The van der Waals surface area contributed by atoms with Crippen LogP contribution in [0, 0.1) is 6.92 Å². The summed E-state index contributed by atoms with van der Waals surface area (Å²) in [5.41, 5.74) is 0.666. The van der Waals surface area contributed by atoms with Gasteiger partial charge in [0.1, 0.15) is 5.75 Å². The molecule has 2 heterocycles. The molecule has 0 spiro atoms. The van der Waals surface area contributed by atoms with Gasteiger partial charge in [-0.05, 0) is 31.5 Å². The maximum atomic E-state index is 12.4. The number of amides is 2. The lowest BCUT2D eigenvalue weighted by Crippen LogP contribution is -2.50. The smallest absolute Gasteiger partial charge is 0.292 e. The van der Waals surface area contributed by atoms with Crippen LogP contribution in [0.15, 0.2) is 28.8 Å². The Kier molecular flexibility index (Phi) is 6.80. The summed E-state index contributed by atoms with van der Waals surface area (Å²) in [6.07, 6.45) is 0.953. The molecule has 1 aliphatic heterocycles. The second-order valence-corrected chi connectivity index (χ2v) is 7.38. The number of rotatable bonds is 6. The van der Waals surface area contributed by atoms with Crippen molar-refractivity contribution in [3.8, 4) is 5.75 Å². The van der Waals surface area contributed by atoms with Gasteiger partial charge in [0.2, 0.25) is 11.7 Å². The van der Waals surface area contributed by atoms with Crippen LogP contribution in [0.5, 0.6) is 5.75 Å². The molecular formula is C19H21Cl2N3O4. The highest BCUT2D eigenvalue weighted by molar-refractivity contribution is 6.35. The molecule has 2 aromatic rings. The molecule has 7 nitrogen and oxygen atoms in total. The number of piperazine rings is 1. The first-order chi connectivity index (χ1) is 13.4. The van der Waals surface area contributed by atoms with E-state index in [1.165, 1.54) is 0 Å². The van der Waals surface area contributed by atoms with Crippen molar-refractivity contribution in [3.05, 3.63) is 45.8 Å². The molecule has 3 rings (SSSR count). The van der Waals surface area contributed by atoms with Gasteiger partial charge in [0, 0.05) is 43.7 Å². The monoisotopic (exact) mass is 425 g/mol. The normalized spacial score (nSPS) is 14.2. The second-order valence-electron chi connectivity index (χ2n) is 6.53. The van der Waals surface area contributed by atoms with Crippen LogP contribution in [-0.2, 0) is 4.79 Å². The van der Waals surface area contributed by atoms with Gasteiger partial charge in [-0.25, -0.2) is 0 Å². The van der Waals surface area contributed by atoms with Gasteiger partial charge in [-0.3, -0.25) is 9.59 Å². The van der Waals surface area contributed by atoms with Crippen molar-refractivity contribution in [2.75, 3.05) is 32.8 Å². The second kappa shape index (κ2) is 9.30. The van der Waals surface area contributed by atoms with E-state index in [4.69, 9.17) is 32.5 Å². The van der Waals surface area contributed by atoms with Gasteiger partial charge in [-0.2, -0.15) is 0 Å². The maximum absolute atomic E-state index is 12.4. The lowest BCUT2D eigenvalue weighted by molar-refractivity contribution is -0.132. The SMILES string of the molecule is Cc1cc(C(=O)N2CCN(C(=O)CCCOc3ccc(Cl)cc3Cl)CC2)on1. The Morgan fingerprint density at radius 2 is 1.86 bits per heavy atom. The number of aromatic nitrogens is 1. The summed E-state index contributed by atoms with van der Waals surface area (Å²) in [5.74, 6) is 0.637. The number of hydrogen-bond acceptors (Lipinski definition) is 5. The quantitative estimate of drug-likeness (QED) is 0.662. The van der Waals surface area contributed by atoms with Crippen LogP contribution < -0.4 is 4.74 Å². The molecule has 0 bridgehead atoms. The van der Waals surface area contributed by atoms with Crippen LogP contribution in [0.25, 0.3) is 0 Å². The lowest BCUT2D eigenvalue weighted by Gasteiger charge is -2.34. The van der Waals surface area contributed by atoms with E-state index in [1.54, 1.807) is 41.0 Å². The molecule has 150 valence electrons. The summed E-state index contributed by atoms with van der Waals surface area (Å²) in [6, 6.07) is 6.64. The fourth-order valence-corrected chi connectivity index (χ4v) is 3.40. The van der Waals surface area contributed by atoms with Crippen molar-refractivity contribution >= 4 is 35.0 Å². The summed E-state index contributed by atoms with van der Waals surface area (Å²) in [7, 11) is 0. The van der Waals surface area contributed by atoms with E-state index >= 15 is 0 Å². The Bertz CT molecular complexity index is 847. The first kappa shape index (κ1) is 20.5. The van der Waals surface area contributed by atoms with Crippen LogP contribution in [-0.4, -0.2) is 59.6 Å². The first-order valence-electron chi connectivity index (χ1n) is 9.02. The largest absolute Gasteiger partial charge is 0.492 e. The summed E-state index contributed by atoms with van der Waals surface area (Å²) >= 11 is 11.9. The van der Waals surface area contributed by atoms with Gasteiger partial charge in [0.25, 0.3) is 5.91 Å². The van der Waals surface area contributed by atoms with Crippen LogP contribution in [0.4, 0.5) is 0 Å². The third-order valence-corrected chi connectivity index (χ3v) is 4.98. The summed E-state index contributed by atoms with van der Waals surface area (Å²) in [6.45, 7) is 4.10. The van der Waals surface area contributed by atoms with Crippen molar-refractivity contribution in [2.45, 2.75) is 19.8 Å². The van der Waals surface area contributed by atoms with E-state index in [-0.39, 0.29) is 17.6 Å². The molecule has 0 radical (unpaired) electrons. The average molecular weight is 426 g/mol. The maximum Gasteiger partial charge on any atom is 0.292 e. The average Bonchev–Trinajstić information content (AvgIpc) is 3.12. The standard InChI is InChI=1S/C19H21Cl2N3O4/c1-13-11-17(28-22-13)19(26)24-8-6-23(7-9-24)18(25)3-2-10-27-16-5-4-14(20)12-15(16)21/h4-5,11-12H,2-3,6-10H2,1H3. The van der Waals surface area contributed by atoms with Gasteiger partial charge in [0.05, 0.1) is 17.3 Å². The predicted molar refractivity (Wildman–Crippen MR) is 105 cm³/mol. The molecule has 0 unspecified atom stereocenters. The molecule has 0 aliphatic carbocycles. The summed E-state index contributed by atoms with van der Waals surface area (Å²) in [5, 5.41) is 4.73. The number of benzene rings is 1. The molecule has 0 N–H and O–H groups in total. The minimum atomic E-state index is -0.194. The molecular weight excluding hydrogens is 405 g/mol. The van der Waals surface area contributed by atoms with Crippen LogP contribution in [0.1, 0.15) is 29.1 Å². The highest BCUT2D eigenvalue weighted by Crippen LogP contribution is 2.27. The molecule has 0 saturated carbocycles. The number of hydrogen-bond donors (Lipinski definition) is 0. The number of halogens is 2. The molecule has 9 heteroatoms. The van der Waals surface area contributed by atoms with E-state index in [9.17, 15) is 9.59 Å². The van der Waals surface area contributed by atoms with Crippen molar-refractivity contribution in [1.82, 2.24) is 15.0 Å². The van der Waals surface area contributed by atoms with E-state index in [0.717, 1.165) is 0 Å². The molecule has 1 aromatic carbocycles. The number of ether oxygens (including phenoxy) is 1. The van der Waals surface area contributed by atoms with Crippen molar-refractivity contribution in [2.24, 2.45) is 0 Å². The minimum Gasteiger partial charge on any atom is -0.492 e. The van der Waals surface area contributed by atoms with E-state index in [1.807, 2.05) is 0 Å². The van der Waals surface area contributed by atoms with Gasteiger partial charge >= 0.3 is 0 Å². The first-order valence-corrected chi connectivity index (χ1v) is 9.78. The number of nitrogens with zero attached hydrogens (tertiary/aromatic N) is 3. The van der Waals surface area contributed by atoms with Gasteiger partial charge in [0.15, 0.2) is 0 Å². The van der Waals surface area contributed by atoms with Crippen molar-refractivity contribution < 1.29 is 18.8 Å². The van der Waals surface area contributed by atoms with E-state index < -0.39 is 0 Å². The molecule has 1 aliphatic rings. The summed E-state index contributed by atoms with van der Waals surface area (Å²) in [4.78, 5) is 28.1. The number of aryl methyl sites for hydroxylation is 1. The van der Waals surface area contributed by atoms with Crippen molar-refractivity contribution in [1.29, 1.82) is 0 Å². The van der Waals surface area contributed by atoms with Gasteiger partial charge in [-0.1, -0.05) is 28.4 Å². The van der Waals surface area contributed by atoms with Crippen LogP contribution >= 0.6 is 23.2 Å². The molecule has 1 fully saturated rings.